The monoisotopic (exact) mass is 296 g/mol. The van der Waals surface area contributed by atoms with Crippen molar-refractivity contribution in [2.45, 2.75) is 20.8 Å². The third-order valence-corrected chi connectivity index (χ3v) is 3.83. The summed E-state index contributed by atoms with van der Waals surface area (Å²) in [4.78, 5) is 14.5. The van der Waals surface area contributed by atoms with Crippen LogP contribution in [0, 0.1) is 20.8 Å². The van der Waals surface area contributed by atoms with Crippen LogP contribution in [0.1, 0.15) is 27.0 Å². The van der Waals surface area contributed by atoms with Gasteiger partial charge in [0.05, 0.1) is 0 Å². The molecular formula is C19H24N2O. The minimum absolute atomic E-state index is 0.0106. The summed E-state index contributed by atoms with van der Waals surface area (Å²) in [5.41, 5.74) is 5.21. The Bertz CT molecular complexity index is 627. The molecule has 2 rings (SSSR count). The Labute approximate surface area is 133 Å². The van der Waals surface area contributed by atoms with E-state index in [1.54, 1.807) is 0 Å². The molecule has 2 aromatic rings. The summed E-state index contributed by atoms with van der Waals surface area (Å²) in [6.45, 7) is 7.43. The minimum atomic E-state index is 0.0106. The number of hydrogen-bond acceptors (Lipinski definition) is 2. The molecule has 0 aromatic heterocycles. The van der Waals surface area contributed by atoms with Gasteiger partial charge >= 0.3 is 0 Å². The highest BCUT2D eigenvalue weighted by molar-refractivity contribution is 5.97. The molecule has 3 nitrogen and oxygen atoms in total. The highest BCUT2D eigenvalue weighted by Crippen LogP contribution is 2.16. The maximum atomic E-state index is 12.4. The lowest BCUT2D eigenvalue weighted by atomic mass is 9.99. The Morgan fingerprint density at radius 3 is 2.23 bits per heavy atom. The maximum absolute atomic E-state index is 12.4. The number of carbonyl (C=O) groups is 1. The van der Waals surface area contributed by atoms with E-state index in [1.165, 1.54) is 5.56 Å². The van der Waals surface area contributed by atoms with E-state index in [0.29, 0.717) is 6.54 Å². The Morgan fingerprint density at radius 1 is 1.05 bits per heavy atom. The number of rotatable bonds is 5. The average molecular weight is 296 g/mol. The van der Waals surface area contributed by atoms with Crippen LogP contribution in [0.3, 0.4) is 0 Å². The second-order valence-corrected chi connectivity index (χ2v) is 5.79. The number of para-hydroxylation sites is 1. The molecule has 0 fully saturated rings. The van der Waals surface area contributed by atoms with E-state index in [-0.39, 0.29) is 5.91 Å². The fraction of sp³-hybridized carbons (Fsp3) is 0.316. The lowest BCUT2D eigenvalue weighted by molar-refractivity contribution is 0.0953. The van der Waals surface area contributed by atoms with Crippen LogP contribution >= 0.6 is 0 Å². The summed E-state index contributed by atoms with van der Waals surface area (Å²) in [6.07, 6.45) is 0. The molecule has 0 atom stereocenters. The van der Waals surface area contributed by atoms with Crippen LogP contribution in [-0.2, 0) is 0 Å². The molecule has 0 bridgehead atoms. The van der Waals surface area contributed by atoms with Gasteiger partial charge in [0.15, 0.2) is 0 Å². The molecule has 0 aliphatic heterocycles. The molecule has 0 spiro atoms. The first-order valence-corrected chi connectivity index (χ1v) is 7.61. The summed E-state index contributed by atoms with van der Waals surface area (Å²) in [5, 5.41) is 3.02. The SMILES string of the molecule is Cc1cc(C)c(C(=O)NCCN(C)c2ccccc2)c(C)c1. The van der Waals surface area contributed by atoms with Crippen molar-refractivity contribution in [2.75, 3.05) is 25.0 Å². The number of carbonyl (C=O) groups excluding carboxylic acids is 1. The van der Waals surface area contributed by atoms with Crippen LogP contribution in [0.25, 0.3) is 0 Å². The molecule has 1 N–H and O–H groups in total. The molecule has 0 aliphatic rings. The van der Waals surface area contributed by atoms with Crippen LogP contribution in [-0.4, -0.2) is 26.0 Å². The summed E-state index contributed by atoms with van der Waals surface area (Å²) in [7, 11) is 2.03. The van der Waals surface area contributed by atoms with Crippen LogP contribution in [0.4, 0.5) is 5.69 Å². The first-order chi connectivity index (χ1) is 10.5. The fourth-order valence-corrected chi connectivity index (χ4v) is 2.78. The van der Waals surface area contributed by atoms with Crippen molar-refractivity contribution >= 4 is 11.6 Å². The topological polar surface area (TPSA) is 32.3 Å². The standard InChI is InChI=1S/C19H24N2O/c1-14-12-15(2)18(16(3)13-14)19(22)20-10-11-21(4)17-8-6-5-7-9-17/h5-9,12-13H,10-11H2,1-4H3,(H,20,22). The predicted molar refractivity (Wildman–Crippen MR) is 92.7 cm³/mol. The molecule has 0 radical (unpaired) electrons. The summed E-state index contributed by atoms with van der Waals surface area (Å²) in [5.74, 6) is 0.0106. The van der Waals surface area contributed by atoms with Crippen molar-refractivity contribution in [1.82, 2.24) is 5.32 Å². The van der Waals surface area contributed by atoms with Crippen LogP contribution in [0.2, 0.25) is 0 Å². The smallest absolute Gasteiger partial charge is 0.251 e. The largest absolute Gasteiger partial charge is 0.373 e. The van der Waals surface area contributed by atoms with E-state index in [9.17, 15) is 4.79 Å². The number of nitrogens with one attached hydrogen (secondary N) is 1. The molecule has 0 heterocycles. The maximum Gasteiger partial charge on any atom is 0.251 e. The van der Waals surface area contributed by atoms with Gasteiger partial charge in [0.25, 0.3) is 5.91 Å². The minimum Gasteiger partial charge on any atom is -0.373 e. The van der Waals surface area contributed by atoms with Gasteiger partial charge in [-0.15, -0.1) is 0 Å². The molecule has 22 heavy (non-hydrogen) atoms. The number of nitrogens with zero attached hydrogens (tertiary/aromatic N) is 1. The third-order valence-electron chi connectivity index (χ3n) is 3.83. The summed E-state index contributed by atoms with van der Waals surface area (Å²) in [6, 6.07) is 14.3. The molecule has 116 valence electrons. The molecule has 1 amide bonds. The number of likely N-dealkylation sites (N-methyl/N-ethyl adjacent to an activating group) is 1. The predicted octanol–water partition coefficient (Wildman–Crippen LogP) is 3.48. The van der Waals surface area contributed by atoms with Crippen LogP contribution in [0.15, 0.2) is 42.5 Å². The van der Waals surface area contributed by atoms with Crippen molar-refractivity contribution in [3.8, 4) is 0 Å². The molecular weight excluding hydrogens is 272 g/mol. The Balaban J connectivity index is 1.94. The van der Waals surface area contributed by atoms with E-state index in [2.05, 4.69) is 41.4 Å². The Kier molecular flexibility index (Phi) is 5.21. The quantitative estimate of drug-likeness (QED) is 0.916. The lowest BCUT2D eigenvalue weighted by Gasteiger charge is -2.20. The third kappa shape index (κ3) is 3.88. The number of anilines is 1. The summed E-state index contributed by atoms with van der Waals surface area (Å²) >= 11 is 0. The van der Waals surface area contributed by atoms with Crippen molar-refractivity contribution in [1.29, 1.82) is 0 Å². The van der Waals surface area contributed by atoms with Gasteiger partial charge in [-0.2, -0.15) is 0 Å². The second-order valence-electron chi connectivity index (χ2n) is 5.79. The Hall–Kier alpha value is -2.29. The molecule has 0 saturated carbocycles. The molecule has 2 aromatic carbocycles. The molecule has 3 heteroatoms. The lowest BCUT2D eigenvalue weighted by Crippen LogP contribution is -2.33. The van der Waals surface area contributed by atoms with Gasteiger partial charge in [0, 0.05) is 31.4 Å². The van der Waals surface area contributed by atoms with Gasteiger partial charge < -0.3 is 10.2 Å². The van der Waals surface area contributed by atoms with Gasteiger partial charge in [-0.1, -0.05) is 35.9 Å². The first-order valence-electron chi connectivity index (χ1n) is 7.61. The van der Waals surface area contributed by atoms with Gasteiger partial charge in [0.2, 0.25) is 0 Å². The number of hydrogen-bond donors (Lipinski definition) is 1. The fourth-order valence-electron chi connectivity index (χ4n) is 2.78. The normalized spacial score (nSPS) is 10.4. The van der Waals surface area contributed by atoms with E-state index < -0.39 is 0 Å². The number of amides is 1. The van der Waals surface area contributed by atoms with Gasteiger partial charge in [-0.25, -0.2) is 0 Å². The van der Waals surface area contributed by atoms with Crippen molar-refractivity contribution in [3.63, 3.8) is 0 Å². The van der Waals surface area contributed by atoms with Gasteiger partial charge in [0.1, 0.15) is 0 Å². The second kappa shape index (κ2) is 7.12. The van der Waals surface area contributed by atoms with E-state index in [4.69, 9.17) is 0 Å². The van der Waals surface area contributed by atoms with Crippen molar-refractivity contribution in [2.24, 2.45) is 0 Å². The van der Waals surface area contributed by atoms with Crippen molar-refractivity contribution < 1.29 is 4.79 Å². The number of aryl methyl sites for hydroxylation is 3. The number of benzene rings is 2. The molecule has 0 saturated heterocycles. The van der Waals surface area contributed by atoms with Crippen LogP contribution in [0.5, 0.6) is 0 Å². The van der Waals surface area contributed by atoms with E-state index in [0.717, 1.165) is 28.9 Å². The first kappa shape index (κ1) is 16.1. The van der Waals surface area contributed by atoms with Gasteiger partial charge in [-0.3, -0.25) is 4.79 Å². The Morgan fingerprint density at radius 2 is 1.64 bits per heavy atom. The average Bonchev–Trinajstić information content (AvgIpc) is 2.47. The molecule has 0 aliphatic carbocycles. The van der Waals surface area contributed by atoms with E-state index in [1.807, 2.05) is 39.1 Å². The molecule has 0 unspecified atom stereocenters. The zero-order chi connectivity index (χ0) is 16.1. The van der Waals surface area contributed by atoms with Crippen LogP contribution < -0.4 is 10.2 Å². The van der Waals surface area contributed by atoms with Gasteiger partial charge in [-0.05, 0) is 44.0 Å². The zero-order valence-electron chi connectivity index (χ0n) is 13.8. The highest BCUT2D eigenvalue weighted by Gasteiger charge is 2.12. The van der Waals surface area contributed by atoms with Crippen molar-refractivity contribution in [3.05, 3.63) is 64.7 Å². The van der Waals surface area contributed by atoms with E-state index >= 15 is 0 Å². The zero-order valence-corrected chi connectivity index (χ0v) is 13.8. The summed E-state index contributed by atoms with van der Waals surface area (Å²) < 4.78 is 0. The highest BCUT2D eigenvalue weighted by atomic mass is 16.1.